The van der Waals surface area contributed by atoms with Crippen molar-refractivity contribution < 1.29 is 26.6 Å². The van der Waals surface area contributed by atoms with Crippen molar-refractivity contribution in [2.45, 2.75) is 44.7 Å². The number of amides is 2. The van der Waals surface area contributed by atoms with Crippen LogP contribution < -0.4 is 9.50 Å². The lowest BCUT2D eigenvalue weighted by atomic mass is 10.1. The molecule has 0 radical (unpaired) electrons. The van der Waals surface area contributed by atoms with Gasteiger partial charge in [-0.25, -0.2) is 4.39 Å². The Bertz CT molecular complexity index is 1290. The van der Waals surface area contributed by atoms with Gasteiger partial charge >= 0.3 is 10.1 Å². The minimum atomic E-state index is -4.08. The molecule has 2 amide bonds. The first-order valence-corrected chi connectivity index (χ1v) is 12.5. The standard InChI is InChI=1S/C26H27FN2O5S/c1-4-18(2)29(26(31)24-7-5-6-8-25(24)27)17-20-9-13-22(14-10-20)34-35(32,33)23-15-11-21(12-16-23)28-19(3)30/h5-16,18H,4,17H2,1-3H3,(H,28,30). The largest absolute Gasteiger partial charge is 0.379 e. The van der Waals surface area contributed by atoms with Gasteiger partial charge in [0, 0.05) is 25.2 Å². The monoisotopic (exact) mass is 498 g/mol. The van der Waals surface area contributed by atoms with Crippen molar-refractivity contribution in [2.24, 2.45) is 0 Å². The summed E-state index contributed by atoms with van der Waals surface area (Å²) in [5, 5.41) is 2.56. The molecular weight excluding hydrogens is 471 g/mol. The zero-order chi connectivity index (χ0) is 25.6. The number of nitrogens with zero attached hydrogens (tertiary/aromatic N) is 1. The van der Waals surface area contributed by atoms with E-state index in [0.29, 0.717) is 12.1 Å². The van der Waals surface area contributed by atoms with Crippen LogP contribution in [0.2, 0.25) is 0 Å². The number of halogens is 1. The molecule has 0 aliphatic heterocycles. The van der Waals surface area contributed by atoms with Crippen LogP contribution in [0.3, 0.4) is 0 Å². The summed E-state index contributed by atoms with van der Waals surface area (Å²) in [5.74, 6) is -1.15. The lowest BCUT2D eigenvalue weighted by Gasteiger charge is -2.29. The second-order valence-corrected chi connectivity index (χ2v) is 9.60. The van der Waals surface area contributed by atoms with Gasteiger partial charge in [-0.15, -0.1) is 0 Å². The molecule has 0 aliphatic carbocycles. The van der Waals surface area contributed by atoms with Gasteiger partial charge in [0.25, 0.3) is 5.91 Å². The van der Waals surface area contributed by atoms with E-state index in [0.717, 1.165) is 5.56 Å². The molecule has 1 N–H and O–H groups in total. The first kappa shape index (κ1) is 25.9. The maximum Gasteiger partial charge on any atom is 0.339 e. The smallest absolute Gasteiger partial charge is 0.339 e. The molecule has 7 nitrogen and oxygen atoms in total. The third-order valence-electron chi connectivity index (χ3n) is 5.43. The maximum absolute atomic E-state index is 14.2. The molecule has 1 atom stereocenters. The minimum Gasteiger partial charge on any atom is -0.379 e. The third kappa shape index (κ3) is 6.66. The molecule has 9 heteroatoms. The van der Waals surface area contributed by atoms with Gasteiger partial charge in [0.2, 0.25) is 5.91 Å². The SMILES string of the molecule is CCC(C)N(Cc1ccc(OS(=O)(=O)c2ccc(NC(C)=O)cc2)cc1)C(=O)c1ccccc1F. The topological polar surface area (TPSA) is 92.8 Å². The van der Waals surface area contributed by atoms with Gasteiger partial charge < -0.3 is 14.4 Å². The summed E-state index contributed by atoms with van der Waals surface area (Å²) in [6.45, 7) is 5.41. The van der Waals surface area contributed by atoms with E-state index >= 15 is 0 Å². The molecule has 0 bridgehead atoms. The van der Waals surface area contributed by atoms with Gasteiger partial charge in [-0.3, -0.25) is 9.59 Å². The van der Waals surface area contributed by atoms with Crippen LogP contribution in [-0.2, 0) is 21.5 Å². The highest BCUT2D eigenvalue weighted by Gasteiger charge is 2.23. The van der Waals surface area contributed by atoms with E-state index in [9.17, 15) is 22.4 Å². The normalized spacial score (nSPS) is 12.0. The zero-order valence-electron chi connectivity index (χ0n) is 19.7. The van der Waals surface area contributed by atoms with E-state index < -0.39 is 21.8 Å². The Morgan fingerprint density at radius 1 is 1.00 bits per heavy atom. The summed E-state index contributed by atoms with van der Waals surface area (Å²) in [7, 11) is -4.08. The average molecular weight is 499 g/mol. The van der Waals surface area contributed by atoms with Crippen LogP contribution in [-0.4, -0.2) is 31.2 Å². The Hall–Kier alpha value is -3.72. The number of hydrogen-bond donors (Lipinski definition) is 1. The van der Waals surface area contributed by atoms with Crippen LogP contribution in [0.1, 0.15) is 43.1 Å². The van der Waals surface area contributed by atoms with Crippen LogP contribution in [0.25, 0.3) is 0 Å². The van der Waals surface area contributed by atoms with Gasteiger partial charge in [0.05, 0.1) is 5.56 Å². The highest BCUT2D eigenvalue weighted by atomic mass is 32.2. The predicted octanol–water partition coefficient (Wildman–Crippen LogP) is 4.99. The Morgan fingerprint density at radius 2 is 1.63 bits per heavy atom. The van der Waals surface area contributed by atoms with Crippen molar-refractivity contribution in [3.8, 4) is 5.75 Å². The minimum absolute atomic E-state index is 0.00312. The fourth-order valence-electron chi connectivity index (χ4n) is 3.37. The van der Waals surface area contributed by atoms with E-state index in [4.69, 9.17) is 4.18 Å². The fraction of sp³-hybridized carbons (Fsp3) is 0.231. The molecule has 3 aromatic carbocycles. The van der Waals surface area contributed by atoms with Crippen molar-refractivity contribution >= 4 is 27.6 Å². The number of benzene rings is 3. The second kappa shape index (κ2) is 11.1. The summed E-state index contributed by atoms with van der Waals surface area (Å²) < 4.78 is 44.6. The molecule has 35 heavy (non-hydrogen) atoms. The Kier molecular flexibility index (Phi) is 8.24. The molecule has 0 aromatic heterocycles. The van der Waals surface area contributed by atoms with Gasteiger partial charge in [0.1, 0.15) is 16.5 Å². The molecule has 3 aromatic rings. The molecule has 0 spiro atoms. The molecule has 3 rings (SSSR count). The second-order valence-electron chi connectivity index (χ2n) is 8.06. The molecule has 0 saturated heterocycles. The number of anilines is 1. The van der Waals surface area contributed by atoms with Crippen molar-refractivity contribution in [1.82, 2.24) is 4.90 Å². The summed E-state index contributed by atoms with van der Waals surface area (Å²) in [6, 6.07) is 17.7. The van der Waals surface area contributed by atoms with Gasteiger partial charge in [-0.05, 0) is 67.4 Å². The van der Waals surface area contributed by atoms with Crippen molar-refractivity contribution in [3.63, 3.8) is 0 Å². The third-order valence-corrected chi connectivity index (χ3v) is 6.69. The van der Waals surface area contributed by atoms with Crippen molar-refractivity contribution in [2.75, 3.05) is 5.32 Å². The van der Waals surface area contributed by atoms with E-state index in [1.165, 1.54) is 61.5 Å². The van der Waals surface area contributed by atoms with E-state index in [1.54, 1.807) is 23.1 Å². The summed E-state index contributed by atoms with van der Waals surface area (Å²) >= 11 is 0. The van der Waals surface area contributed by atoms with Gasteiger partial charge in [-0.1, -0.05) is 31.2 Å². The Morgan fingerprint density at radius 3 is 2.20 bits per heavy atom. The predicted molar refractivity (Wildman–Crippen MR) is 131 cm³/mol. The molecule has 1 unspecified atom stereocenters. The molecule has 0 heterocycles. The number of carbonyl (C=O) groups is 2. The average Bonchev–Trinajstić information content (AvgIpc) is 2.83. The number of rotatable bonds is 9. The molecular formula is C26H27FN2O5S. The fourth-order valence-corrected chi connectivity index (χ4v) is 4.30. The highest BCUT2D eigenvalue weighted by Crippen LogP contribution is 2.23. The summed E-state index contributed by atoms with van der Waals surface area (Å²) in [5.41, 5.74) is 1.21. The molecule has 0 fully saturated rings. The maximum atomic E-state index is 14.2. The number of nitrogens with one attached hydrogen (secondary N) is 1. The lowest BCUT2D eigenvalue weighted by molar-refractivity contribution is -0.114. The number of carbonyl (C=O) groups excluding carboxylic acids is 2. The van der Waals surface area contributed by atoms with Crippen LogP contribution in [0.15, 0.2) is 77.7 Å². The first-order chi connectivity index (χ1) is 16.6. The first-order valence-electron chi connectivity index (χ1n) is 11.1. The van der Waals surface area contributed by atoms with Crippen LogP contribution >= 0.6 is 0 Å². The Balaban J connectivity index is 1.74. The van der Waals surface area contributed by atoms with Crippen LogP contribution in [0.5, 0.6) is 5.75 Å². The Labute approximate surface area is 204 Å². The quantitative estimate of drug-likeness (QED) is 0.420. The number of hydrogen-bond acceptors (Lipinski definition) is 5. The molecule has 184 valence electrons. The van der Waals surface area contributed by atoms with E-state index in [2.05, 4.69) is 5.32 Å². The van der Waals surface area contributed by atoms with E-state index in [1.807, 2.05) is 13.8 Å². The van der Waals surface area contributed by atoms with Crippen LogP contribution in [0, 0.1) is 5.82 Å². The van der Waals surface area contributed by atoms with Gasteiger partial charge in [0.15, 0.2) is 0 Å². The van der Waals surface area contributed by atoms with Crippen LogP contribution in [0.4, 0.5) is 10.1 Å². The van der Waals surface area contributed by atoms with Gasteiger partial charge in [-0.2, -0.15) is 8.42 Å². The molecule has 0 aliphatic rings. The summed E-state index contributed by atoms with van der Waals surface area (Å²) in [4.78, 5) is 25.7. The summed E-state index contributed by atoms with van der Waals surface area (Å²) in [6.07, 6.45) is 0.681. The molecule has 0 saturated carbocycles. The zero-order valence-corrected chi connectivity index (χ0v) is 20.5. The lowest BCUT2D eigenvalue weighted by Crippen LogP contribution is -2.38. The van der Waals surface area contributed by atoms with Crippen molar-refractivity contribution in [3.05, 3.63) is 89.7 Å². The van der Waals surface area contributed by atoms with E-state index in [-0.39, 0.29) is 34.7 Å². The highest BCUT2D eigenvalue weighted by molar-refractivity contribution is 7.87. The van der Waals surface area contributed by atoms with Crippen molar-refractivity contribution in [1.29, 1.82) is 0 Å².